The van der Waals surface area contributed by atoms with Crippen molar-refractivity contribution in [2.75, 3.05) is 6.61 Å². The van der Waals surface area contributed by atoms with E-state index in [1.165, 1.54) is 0 Å². The number of pyridine rings is 1. The highest BCUT2D eigenvalue weighted by Crippen LogP contribution is 2.23. The highest BCUT2D eigenvalue weighted by Gasteiger charge is 2.21. The number of esters is 2. The fourth-order valence-corrected chi connectivity index (χ4v) is 3.80. The fraction of sp³-hybridized carbons (Fsp3) is 0.111. The largest absolute Gasteiger partial charge is 0.458 e. The Morgan fingerprint density at radius 1 is 0.765 bits per heavy atom. The number of ether oxygens (including phenoxy) is 2. The topological polar surface area (TPSA) is 83.3 Å². The van der Waals surface area contributed by atoms with Crippen LogP contribution in [0.4, 0.5) is 0 Å². The Morgan fingerprint density at radius 2 is 1.41 bits per heavy atom. The van der Waals surface area contributed by atoms with Gasteiger partial charge in [0.1, 0.15) is 12.1 Å². The number of carbonyl (C=O) groups is 2. The molecular formula is C27H21N3O4. The first-order chi connectivity index (χ1) is 16.7. The van der Waals surface area contributed by atoms with Crippen molar-refractivity contribution in [1.29, 1.82) is 0 Å². The minimum absolute atomic E-state index is 0.102. The van der Waals surface area contributed by atoms with Crippen LogP contribution in [0, 0.1) is 0 Å². The van der Waals surface area contributed by atoms with Crippen molar-refractivity contribution in [3.8, 4) is 0 Å². The number of carbonyl (C=O) groups excluding carboxylic acids is 2. The molecule has 0 bridgehead atoms. The van der Waals surface area contributed by atoms with Crippen LogP contribution < -0.4 is 0 Å². The zero-order valence-corrected chi connectivity index (χ0v) is 18.2. The van der Waals surface area contributed by atoms with Gasteiger partial charge in [0, 0.05) is 5.39 Å². The van der Waals surface area contributed by atoms with Gasteiger partial charge in [0.05, 0.1) is 41.2 Å². The third kappa shape index (κ3) is 4.49. The van der Waals surface area contributed by atoms with Gasteiger partial charge in [0.15, 0.2) is 6.10 Å². The van der Waals surface area contributed by atoms with Gasteiger partial charge in [-0.05, 0) is 30.3 Å². The van der Waals surface area contributed by atoms with Gasteiger partial charge in [0.25, 0.3) is 0 Å². The van der Waals surface area contributed by atoms with Crippen molar-refractivity contribution in [3.63, 3.8) is 0 Å². The van der Waals surface area contributed by atoms with E-state index in [1.54, 1.807) is 61.1 Å². The molecule has 0 amide bonds. The number of imidazole rings is 1. The van der Waals surface area contributed by atoms with E-state index in [9.17, 15) is 9.59 Å². The van der Waals surface area contributed by atoms with Gasteiger partial charge < -0.3 is 14.0 Å². The van der Waals surface area contributed by atoms with Gasteiger partial charge in [-0.2, -0.15) is 0 Å². The van der Waals surface area contributed by atoms with Crippen LogP contribution in [0.1, 0.15) is 20.7 Å². The lowest BCUT2D eigenvalue weighted by molar-refractivity contribution is -0.00486. The average Bonchev–Trinajstić information content (AvgIpc) is 3.31. The Morgan fingerprint density at radius 3 is 2.15 bits per heavy atom. The molecule has 1 atom stereocenters. The first-order valence-electron chi connectivity index (χ1n) is 10.9. The summed E-state index contributed by atoms with van der Waals surface area (Å²) >= 11 is 0. The predicted molar refractivity (Wildman–Crippen MR) is 127 cm³/mol. The summed E-state index contributed by atoms with van der Waals surface area (Å²) in [5, 5.41) is 0.937. The molecule has 0 aliphatic rings. The minimum atomic E-state index is -0.732. The maximum atomic E-state index is 12.8. The first kappa shape index (κ1) is 21.3. The van der Waals surface area contributed by atoms with Crippen molar-refractivity contribution >= 4 is 33.9 Å². The van der Waals surface area contributed by atoms with Crippen LogP contribution in [0.5, 0.6) is 0 Å². The highest BCUT2D eigenvalue weighted by atomic mass is 16.6. The number of aromatic nitrogens is 3. The molecule has 0 fully saturated rings. The Labute approximate surface area is 195 Å². The molecule has 3 aromatic carbocycles. The predicted octanol–water partition coefficient (Wildman–Crippen LogP) is 4.67. The summed E-state index contributed by atoms with van der Waals surface area (Å²) in [4.78, 5) is 34.2. The van der Waals surface area contributed by atoms with Crippen molar-refractivity contribution in [3.05, 3.63) is 109 Å². The van der Waals surface area contributed by atoms with Gasteiger partial charge in [-0.15, -0.1) is 0 Å². The Hall–Kier alpha value is -4.52. The zero-order valence-electron chi connectivity index (χ0n) is 18.2. The highest BCUT2D eigenvalue weighted by molar-refractivity contribution is 6.01. The molecule has 0 aliphatic heterocycles. The summed E-state index contributed by atoms with van der Waals surface area (Å²) in [5.41, 5.74) is 3.30. The number of para-hydroxylation sites is 1. The molecule has 0 saturated heterocycles. The number of hydrogen-bond acceptors (Lipinski definition) is 6. The standard InChI is InChI=1S/C27H21N3O4/c31-26(19-9-3-1-4-10-19)33-17-21(34-27(32)20-11-5-2-6-12-20)16-30-18-29-24-15-28-23-14-8-7-13-22(23)25(24)30/h1-15,18,21H,16-17H2. The molecule has 168 valence electrons. The summed E-state index contributed by atoms with van der Waals surface area (Å²) in [6, 6.07) is 25.2. The van der Waals surface area contributed by atoms with Crippen LogP contribution in [-0.2, 0) is 16.0 Å². The smallest absolute Gasteiger partial charge is 0.338 e. The number of benzene rings is 3. The summed E-state index contributed by atoms with van der Waals surface area (Å²) in [7, 11) is 0. The number of hydrogen-bond donors (Lipinski definition) is 0. The molecule has 7 nitrogen and oxygen atoms in total. The molecule has 1 unspecified atom stereocenters. The lowest BCUT2D eigenvalue weighted by Gasteiger charge is -2.19. The fourth-order valence-electron chi connectivity index (χ4n) is 3.80. The molecule has 0 N–H and O–H groups in total. The number of rotatable bonds is 7. The quantitative estimate of drug-likeness (QED) is 0.335. The second-order valence-electron chi connectivity index (χ2n) is 7.76. The Bertz CT molecular complexity index is 1450. The maximum Gasteiger partial charge on any atom is 0.338 e. The van der Waals surface area contributed by atoms with E-state index in [0.29, 0.717) is 11.1 Å². The Kier molecular flexibility index (Phi) is 5.99. The van der Waals surface area contributed by atoms with Gasteiger partial charge in [-0.1, -0.05) is 54.6 Å². The minimum Gasteiger partial charge on any atom is -0.458 e. The van der Waals surface area contributed by atoms with Crippen LogP contribution in [-0.4, -0.2) is 39.2 Å². The molecule has 5 aromatic rings. The van der Waals surface area contributed by atoms with Crippen molar-refractivity contribution < 1.29 is 19.1 Å². The second kappa shape index (κ2) is 9.54. The SMILES string of the molecule is O=C(OCC(Cn1cnc2cnc3ccccc3c21)OC(=O)c1ccccc1)c1ccccc1. The molecule has 2 aromatic heterocycles. The first-order valence-corrected chi connectivity index (χ1v) is 10.9. The molecule has 0 saturated carbocycles. The second-order valence-corrected chi connectivity index (χ2v) is 7.76. The van der Waals surface area contributed by atoms with Crippen LogP contribution in [0.3, 0.4) is 0 Å². The van der Waals surface area contributed by atoms with Crippen LogP contribution >= 0.6 is 0 Å². The van der Waals surface area contributed by atoms with E-state index in [-0.39, 0.29) is 13.2 Å². The number of nitrogens with zero attached hydrogens (tertiary/aromatic N) is 3. The molecule has 34 heavy (non-hydrogen) atoms. The van der Waals surface area contributed by atoms with Gasteiger partial charge in [0.2, 0.25) is 0 Å². The monoisotopic (exact) mass is 451 g/mol. The van der Waals surface area contributed by atoms with E-state index in [2.05, 4.69) is 9.97 Å². The van der Waals surface area contributed by atoms with E-state index in [1.807, 2.05) is 41.0 Å². The van der Waals surface area contributed by atoms with Crippen molar-refractivity contribution in [1.82, 2.24) is 14.5 Å². The lowest BCUT2D eigenvalue weighted by Crippen LogP contribution is -2.29. The normalized spacial score (nSPS) is 11.9. The molecule has 0 spiro atoms. The lowest BCUT2D eigenvalue weighted by atomic mass is 10.2. The maximum absolute atomic E-state index is 12.8. The van der Waals surface area contributed by atoms with Gasteiger partial charge in [-0.25, -0.2) is 14.6 Å². The molecule has 0 radical (unpaired) electrons. The molecule has 5 rings (SSSR count). The Balaban J connectivity index is 1.42. The van der Waals surface area contributed by atoms with Crippen molar-refractivity contribution in [2.45, 2.75) is 12.6 Å². The van der Waals surface area contributed by atoms with E-state index >= 15 is 0 Å². The molecule has 7 heteroatoms. The summed E-state index contributed by atoms with van der Waals surface area (Å²) in [6.45, 7) is 0.153. The van der Waals surface area contributed by atoms with Gasteiger partial charge >= 0.3 is 11.9 Å². The van der Waals surface area contributed by atoms with E-state index < -0.39 is 18.0 Å². The third-order valence-electron chi connectivity index (χ3n) is 5.44. The van der Waals surface area contributed by atoms with Gasteiger partial charge in [-0.3, -0.25) is 4.98 Å². The summed E-state index contributed by atoms with van der Waals surface area (Å²) in [6.07, 6.45) is 2.67. The molecule has 2 heterocycles. The average molecular weight is 451 g/mol. The van der Waals surface area contributed by atoms with Crippen LogP contribution in [0.2, 0.25) is 0 Å². The molecule has 0 aliphatic carbocycles. The van der Waals surface area contributed by atoms with E-state index in [0.717, 1.165) is 21.9 Å². The zero-order chi connectivity index (χ0) is 23.3. The summed E-state index contributed by atoms with van der Waals surface area (Å²) in [5.74, 6) is -0.969. The molecular weight excluding hydrogens is 430 g/mol. The van der Waals surface area contributed by atoms with E-state index in [4.69, 9.17) is 9.47 Å². The summed E-state index contributed by atoms with van der Waals surface area (Å²) < 4.78 is 13.2. The van der Waals surface area contributed by atoms with Crippen LogP contribution in [0.15, 0.2) is 97.5 Å². The van der Waals surface area contributed by atoms with Crippen LogP contribution in [0.25, 0.3) is 21.9 Å². The number of fused-ring (bicyclic) bond motifs is 3. The third-order valence-corrected chi connectivity index (χ3v) is 5.44. The van der Waals surface area contributed by atoms with Crippen molar-refractivity contribution in [2.24, 2.45) is 0 Å².